The summed E-state index contributed by atoms with van der Waals surface area (Å²) in [5.41, 5.74) is 3.24. The van der Waals surface area contributed by atoms with Gasteiger partial charge in [0.15, 0.2) is 0 Å². The monoisotopic (exact) mass is 393 g/mol. The van der Waals surface area contributed by atoms with Crippen LogP contribution in [0.25, 0.3) is 0 Å². The van der Waals surface area contributed by atoms with Gasteiger partial charge in [0.1, 0.15) is 4.21 Å². The highest BCUT2D eigenvalue weighted by molar-refractivity contribution is 9.10. The van der Waals surface area contributed by atoms with Crippen molar-refractivity contribution in [2.45, 2.75) is 25.0 Å². The predicted octanol–water partition coefficient (Wildman–Crippen LogP) is 4.89. The molecule has 0 aliphatic carbocycles. The molecule has 0 aliphatic rings. The van der Waals surface area contributed by atoms with E-state index in [0.29, 0.717) is 10.0 Å². The second kappa shape index (κ2) is 5.67. The van der Waals surface area contributed by atoms with Gasteiger partial charge in [-0.3, -0.25) is 4.72 Å². The van der Waals surface area contributed by atoms with Gasteiger partial charge in [0.25, 0.3) is 10.0 Å². The van der Waals surface area contributed by atoms with E-state index in [0.717, 1.165) is 32.5 Å². The van der Waals surface area contributed by atoms with Gasteiger partial charge in [-0.15, -0.1) is 11.3 Å². The second-order valence-corrected chi connectivity index (χ2v) is 8.98. The van der Waals surface area contributed by atoms with Crippen LogP contribution in [-0.4, -0.2) is 8.42 Å². The van der Waals surface area contributed by atoms with E-state index in [1.54, 1.807) is 13.0 Å². The highest BCUT2D eigenvalue weighted by Gasteiger charge is 2.20. The van der Waals surface area contributed by atoms with E-state index in [-0.39, 0.29) is 4.21 Å². The summed E-state index contributed by atoms with van der Waals surface area (Å²) >= 11 is 10.4. The molecule has 0 saturated heterocycles. The summed E-state index contributed by atoms with van der Waals surface area (Å²) in [7, 11) is -3.62. The molecule has 0 bridgehead atoms. The van der Waals surface area contributed by atoms with E-state index in [9.17, 15) is 8.42 Å². The molecule has 0 spiro atoms. The van der Waals surface area contributed by atoms with Crippen molar-refractivity contribution >= 4 is 54.6 Å². The van der Waals surface area contributed by atoms with Crippen LogP contribution in [0.4, 0.5) is 5.69 Å². The van der Waals surface area contributed by atoms with Crippen molar-refractivity contribution in [2.24, 2.45) is 0 Å². The Morgan fingerprint density at radius 2 is 1.80 bits per heavy atom. The normalized spacial score (nSPS) is 11.7. The van der Waals surface area contributed by atoms with E-state index < -0.39 is 10.0 Å². The summed E-state index contributed by atoms with van der Waals surface area (Å²) in [6.45, 7) is 5.60. The Bertz CT molecular complexity index is 726. The van der Waals surface area contributed by atoms with Crippen LogP contribution < -0.4 is 4.72 Å². The molecule has 1 aromatic carbocycles. The van der Waals surface area contributed by atoms with E-state index >= 15 is 0 Å². The predicted molar refractivity (Wildman–Crippen MR) is 88.5 cm³/mol. The van der Waals surface area contributed by atoms with Gasteiger partial charge < -0.3 is 0 Å². The van der Waals surface area contributed by atoms with Crippen LogP contribution in [0, 0.1) is 20.8 Å². The Hall–Kier alpha value is -0.560. The Labute approximate surface area is 136 Å². The highest BCUT2D eigenvalue weighted by Crippen LogP contribution is 2.34. The van der Waals surface area contributed by atoms with Gasteiger partial charge in [-0.25, -0.2) is 8.42 Å². The molecule has 2 rings (SSSR count). The first kappa shape index (κ1) is 15.8. The molecule has 0 aliphatic heterocycles. The van der Waals surface area contributed by atoms with Gasteiger partial charge in [0, 0.05) is 4.47 Å². The Morgan fingerprint density at radius 1 is 1.15 bits per heavy atom. The lowest BCUT2D eigenvalue weighted by Gasteiger charge is -2.12. The van der Waals surface area contributed by atoms with E-state index in [4.69, 9.17) is 11.6 Å². The standard InChI is InChI=1S/C13H13BrClNO2S2/c1-7-4-8(2)12(10(14)5-7)16-20(17,18)11-6-9(3)13(15)19-11/h4-6,16H,1-3H3. The molecular formula is C13H13BrClNO2S2. The van der Waals surface area contributed by atoms with Crippen LogP contribution >= 0.6 is 38.9 Å². The molecule has 0 radical (unpaired) electrons. The number of anilines is 1. The second-order valence-electron chi connectivity index (χ2n) is 4.57. The largest absolute Gasteiger partial charge is 0.278 e. The van der Waals surface area contributed by atoms with Gasteiger partial charge in [0.2, 0.25) is 0 Å². The van der Waals surface area contributed by atoms with Crippen molar-refractivity contribution in [1.29, 1.82) is 0 Å². The smallest absolute Gasteiger partial charge is 0.271 e. The summed E-state index contributed by atoms with van der Waals surface area (Å²) in [6, 6.07) is 5.37. The SMILES string of the molecule is Cc1cc(C)c(NS(=O)(=O)c2cc(C)c(Cl)s2)c(Br)c1. The van der Waals surface area contributed by atoms with Crippen LogP contribution in [0.2, 0.25) is 4.34 Å². The lowest BCUT2D eigenvalue weighted by Crippen LogP contribution is -2.13. The lowest BCUT2D eigenvalue weighted by atomic mass is 10.1. The number of benzene rings is 1. The number of nitrogens with one attached hydrogen (secondary N) is 1. The lowest BCUT2D eigenvalue weighted by molar-refractivity contribution is 0.603. The van der Waals surface area contributed by atoms with Gasteiger partial charge in [-0.2, -0.15) is 0 Å². The summed E-state index contributed by atoms with van der Waals surface area (Å²) in [5, 5.41) is 0. The Morgan fingerprint density at radius 3 is 2.30 bits per heavy atom. The van der Waals surface area contributed by atoms with Crippen molar-refractivity contribution in [3.05, 3.63) is 43.7 Å². The molecular weight excluding hydrogens is 382 g/mol. The fourth-order valence-electron chi connectivity index (χ4n) is 1.79. The summed E-state index contributed by atoms with van der Waals surface area (Å²) in [4.78, 5) is 0. The number of sulfonamides is 1. The molecule has 0 unspecified atom stereocenters. The van der Waals surface area contributed by atoms with Crippen molar-refractivity contribution in [1.82, 2.24) is 0 Å². The van der Waals surface area contributed by atoms with Crippen LogP contribution in [0.1, 0.15) is 16.7 Å². The topological polar surface area (TPSA) is 46.2 Å². The molecule has 20 heavy (non-hydrogen) atoms. The maximum absolute atomic E-state index is 12.4. The third-order valence-electron chi connectivity index (χ3n) is 2.77. The molecule has 1 aromatic heterocycles. The molecule has 0 amide bonds. The quantitative estimate of drug-likeness (QED) is 0.805. The average Bonchev–Trinajstić information content (AvgIpc) is 2.65. The van der Waals surface area contributed by atoms with Crippen molar-refractivity contribution in [3.63, 3.8) is 0 Å². The molecule has 1 N–H and O–H groups in total. The third-order valence-corrected chi connectivity index (χ3v) is 6.77. The fourth-order valence-corrected chi connectivity index (χ4v) is 5.56. The van der Waals surface area contributed by atoms with Crippen LogP contribution in [0.15, 0.2) is 26.9 Å². The first-order valence-electron chi connectivity index (χ1n) is 5.76. The number of hydrogen-bond donors (Lipinski definition) is 1. The molecule has 0 saturated carbocycles. The van der Waals surface area contributed by atoms with Gasteiger partial charge in [-0.1, -0.05) is 17.7 Å². The van der Waals surface area contributed by atoms with E-state index in [1.165, 1.54) is 0 Å². The summed E-state index contributed by atoms with van der Waals surface area (Å²) in [6.07, 6.45) is 0. The van der Waals surface area contributed by atoms with Crippen LogP contribution in [0.3, 0.4) is 0 Å². The third kappa shape index (κ3) is 3.19. The molecule has 108 valence electrons. The molecule has 3 nitrogen and oxygen atoms in total. The minimum Gasteiger partial charge on any atom is -0.278 e. The minimum atomic E-state index is -3.62. The van der Waals surface area contributed by atoms with E-state index in [1.807, 2.05) is 26.0 Å². The molecule has 2 aromatic rings. The number of thiophene rings is 1. The van der Waals surface area contributed by atoms with Gasteiger partial charge in [0.05, 0.1) is 10.0 Å². The number of halogens is 2. The zero-order valence-electron chi connectivity index (χ0n) is 11.1. The van der Waals surface area contributed by atoms with Crippen LogP contribution in [-0.2, 0) is 10.0 Å². The van der Waals surface area contributed by atoms with Crippen molar-refractivity contribution < 1.29 is 8.42 Å². The molecule has 0 atom stereocenters. The summed E-state index contributed by atoms with van der Waals surface area (Å²) in [5.74, 6) is 0. The average molecular weight is 395 g/mol. The van der Waals surface area contributed by atoms with Crippen LogP contribution in [0.5, 0.6) is 0 Å². The summed E-state index contributed by atoms with van der Waals surface area (Å²) < 4.78 is 28.8. The zero-order valence-corrected chi connectivity index (χ0v) is 15.1. The Kier molecular flexibility index (Phi) is 4.49. The zero-order chi connectivity index (χ0) is 15.1. The maximum atomic E-state index is 12.4. The number of hydrogen-bond acceptors (Lipinski definition) is 3. The van der Waals surface area contributed by atoms with Gasteiger partial charge >= 0.3 is 0 Å². The number of aryl methyl sites for hydroxylation is 3. The van der Waals surface area contributed by atoms with E-state index in [2.05, 4.69) is 20.7 Å². The maximum Gasteiger partial charge on any atom is 0.271 e. The van der Waals surface area contributed by atoms with Crippen molar-refractivity contribution in [2.75, 3.05) is 4.72 Å². The van der Waals surface area contributed by atoms with Gasteiger partial charge in [-0.05, 0) is 65.5 Å². The number of rotatable bonds is 3. The highest BCUT2D eigenvalue weighted by atomic mass is 79.9. The minimum absolute atomic E-state index is 0.215. The molecule has 0 fully saturated rings. The first-order chi connectivity index (χ1) is 9.20. The first-order valence-corrected chi connectivity index (χ1v) is 9.23. The fraction of sp³-hybridized carbons (Fsp3) is 0.231. The van der Waals surface area contributed by atoms with Crippen molar-refractivity contribution in [3.8, 4) is 0 Å². The molecule has 1 heterocycles. The Balaban J connectivity index is 2.43. The molecule has 7 heteroatoms.